The van der Waals surface area contributed by atoms with E-state index in [1.807, 2.05) is 19.9 Å². The molecule has 1 aliphatic carbocycles. The number of nitrogens with one attached hydrogen (secondary N) is 2. The third kappa shape index (κ3) is 4.55. The second-order valence-corrected chi connectivity index (χ2v) is 9.22. The Morgan fingerprint density at radius 3 is 2.46 bits per heavy atom. The van der Waals surface area contributed by atoms with E-state index in [1.165, 1.54) is 31.4 Å². The van der Waals surface area contributed by atoms with E-state index in [9.17, 15) is 17.6 Å². The van der Waals surface area contributed by atoms with E-state index in [-0.39, 0.29) is 11.6 Å². The highest BCUT2D eigenvalue weighted by atomic mass is 32.2. The van der Waals surface area contributed by atoms with Crippen molar-refractivity contribution < 1.29 is 17.6 Å². The van der Waals surface area contributed by atoms with Crippen LogP contribution in [0, 0.1) is 19.7 Å². The lowest BCUT2D eigenvalue weighted by Gasteiger charge is -2.26. The standard InChI is InChI=1S/C20H26FN3O3S/c1-13-11-17(14(2)24(13)16-7-5-4-6-8-16)20(25)22-15-9-10-18(21)19(12-15)23-28(3,26)27/h9-12,16,23H,4-8H2,1-3H3,(H,22,25). The quantitative estimate of drug-likeness (QED) is 0.772. The molecule has 0 unspecified atom stereocenters. The van der Waals surface area contributed by atoms with E-state index < -0.39 is 15.8 Å². The van der Waals surface area contributed by atoms with E-state index in [0.29, 0.717) is 17.3 Å². The molecule has 8 heteroatoms. The maximum absolute atomic E-state index is 13.8. The van der Waals surface area contributed by atoms with Gasteiger partial charge in [0.15, 0.2) is 0 Å². The Balaban J connectivity index is 1.83. The topological polar surface area (TPSA) is 80.2 Å². The van der Waals surface area contributed by atoms with Crippen LogP contribution >= 0.6 is 0 Å². The molecule has 1 saturated carbocycles. The minimum Gasteiger partial charge on any atom is -0.345 e. The van der Waals surface area contributed by atoms with Gasteiger partial charge in [-0.1, -0.05) is 19.3 Å². The Hall–Kier alpha value is -2.35. The van der Waals surface area contributed by atoms with Gasteiger partial charge in [-0.3, -0.25) is 9.52 Å². The summed E-state index contributed by atoms with van der Waals surface area (Å²) in [5.74, 6) is -1.01. The molecule has 1 aromatic carbocycles. The smallest absolute Gasteiger partial charge is 0.257 e. The van der Waals surface area contributed by atoms with Crippen molar-refractivity contribution in [1.82, 2.24) is 4.57 Å². The Bertz CT molecular complexity index is 992. The SMILES string of the molecule is Cc1cc(C(=O)Nc2ccc(F)c(NS(C)(=O)=O)c2)c(C)n1C1CCCCC1. The summed E-state index contributed by atoms with van der Waals surface area (Å²) in [7, 11) is -3.62. The number of anilines is 2. The number of aromatic nitrogens is 1. The van der Waals surface area contributed by atoms with Gasteiger partial charge < -0.3 is 9.88 Å². The predicted molar refractivity (Wildman–Crippen MR) is 109 cm³/mol. The molecule has 1 heterocycles. The number of hydrogen-bond acceptors (Lipinski definition) is 3. The van der Waals surface area contributed by atoms with Gasteiger partial charge in [0.2, 0.25) is 10.0 Å². The molecule has 2 aromatic rings. The van der Waals surface area contributed by atoms with E-state index in [0.717, 1.165) is 36.6 Å². The van der Waals surface area contributed by atoms with Crippen molar-refractivity contribution in [3.8, 4) is 0 Å². The van der Waals surface area contributed by atoms with Gasteiger partial charge in [0, 0.05) is 23.1 Å². The number of amides is 1. The number of aryl methyl sites for hydroxylation is 1. The largest absolute Gasteiger partial charge is 0.345 e. The highest BCUT2D eigenvalue weighted by molar-refractivity contribution is 7.92. The van der Waals surface area contributed by atoms with E-state index in [2.05, 4.69) is 14.6 Å². The first-order valence-electron chi connectivity index (χ1n) is 9.43. The predicted octanol–water partition coefficient (Wildman–Crippen LogP) is 4.37. The van der Waals surface area contributed by atoms with Crippen LogP contribution in [0.2, 0.25) is 0 Å². The van der Waals surface area contributed by atoms with Crippen molar-refractivity contribution in [2.75, 3.05) is 16.3 Å². The van der Waals surface area contributed by atoms with Gasteiger partial charge in [-0.05, 0) is 51.0 Å². The molecule has 1 aliphatic rings. The Morgan fingerprint density at radius 1 is 1.14 bits per heavy atom. The van der Waals surface area contributed by atoms with Crippen molar-refractivity contribution in [2.45, 2.75) is 52.0 Å². The number of rotatable bonds is 5. The molecule has 152 valence electrons. The third-order valence-corrected chi connectivity index (χ3v) is 5.78. The Morgan fingerprint density at radius 2 is 1.82 bits per heavy atom. The van der Waals surface area contributed by atoms with Crippen molar-refractivity contribution in [2.24, 2.45) is 0 Å². The van der Waals surface area contributed by atoms with Crippen LogP contribution in [-0.4, -0.2) is 25.1 Å². The lowest BCUT2D eigenvalue weighted by Crippen LogP contribution is -2.17. The number of benzene rings is 1. The number of halogens is 1. The molecule has 6 nitrogen and oxygen atoms in total. The summed E-state index contributed by atoms with van der Waals surface area (Å²) < 4.78 is 41.0. The van der Waals surface area contributed by atoms with Crippen molar-refractivity contribution in [3.63, 3.8) is 0 Å². The van der Waals surface area contributed by atoms with Gasteiger partial charge in [-0.15, -0.1) is 0 Å². The van der Waals surface area contributed by atoms with Crippen molar-refractivity contribution in [3.05, 3.63) is 47.0 Å². The minimum absolute atomic E-state index is 0.201. The Labute approximate surface area is 165 Å². The zero-order valence-electron chi connectivity index (χ0n) is 16.4. The van der Waals surface area contributed by atoms with Gasteiger partial charge in [-0.25, -0.2) is 12.8 Å². The summed E-state index contributed by atoms with van der Waals surface area (Å²) >= 11 is 0. The molecule has 28 heavy (non-hydrogen) atoms. The number of carbonyl (C=O) groups is 1. The maximum atomic E-state index is 13.8. The van der Waals surface area contributed by atoms with Gasteiger partial charge in [0.05, 0.1) is 17.5 Å². The Kier molecular flexibility index (Phi) is 5.79. The number of sulfonamides is 1. The fourth-order valence-electron chi connectivity index (χ4n) is 3.99. The fourth-order valence-corrected chi connectivity index (χ4v) is 4.54. The highest BCUT2D eigenvalue weighted by Gasteiger charge is 2.23. The van der Waals surface area contributed by atoms with E-state index in [1.54, 1.807) is 0 Å². The van der Waals surface area contributed by atoms with Crippen LogP contribution in [0.4, 0.5) is 15.8 Å². The van der Waals surface area contributed by atoms with Gasteiger partial charge in [0.25, 0.3) is 5.91 Å². The second kappa shape index (κ2) is 7.95. The monoisotopic (exact) mass is 407 g/mol. The summed E-state index contributed by atoms with van der Waals surface area (Å²) in [4.78, 5) is 12.8. The van der Waals surface area contributed by atoms with Crippen LogP contribution in [0.15, 0.2) is 24.3 Å². The molecule has 2 N–H and O–H groups in total. The second-order valence-electron chi connectivity index (χ2n) is 7.47. The first kappa shape index (κ1) is 20.4. The summed E-state index contributed by atoms with van der Waals surface area (Å²) in [5, 5.41) is 2.74. The molecule has 3 rings (SSSR count). The zero-order chi connectivity index (χ0) is 20.5. The number of carbonyl (C=O) groups excluding carboxylic acids is 1. The first-order chi connectivity index (χ1) is 13.2. The molecule has 0 aliphatic heterocycles. The van der Waals surface area contributed by atoms with Crippen LogP contribution in [0.1, 0.15) is 59.9 Å². The molecular formula is C20H26FN3O3S. The van der Waals surface area contributed by atoms with Crippen LogP contribution in [0.25, 0.3) is 0 Å². The van der Waals surface area contributed by atoms with E-state index in [4.69, 9.17) is 0 Å². The van der Waals surface area contributed by atoms with Gasteiger partial charge in [-0.2, -0.15) is 0 Å². The third-order valence-electron chi connectivity index (χ3n) is 5.19. The zero-order valence-corrected chi connectivity index (χ0v) is 17.2. The average Bonchev–Trinajstić information content (AvgIpc) is 2.92. The summed E-state index contributed by atoms with van der Waals surface area (Å²) in [6, 6.07) is 6.09. The van der Waals surface area contributed by atoms with Gasteiger partial charge in [0.1, 0.15) is 5.82 Å². The molecule has 1 aromatic heterocycles. The lowest BCUT2D eigenvalue weighted by atomic mass is 9.95. The minimum atomic E-state index is -3.62. The molecule has 0 radical (unpaired) electrons. The van der Waals surface area contributed by atoms with Crippen molar-refractivity contribution in [1.29, 1.82) is 0 Å². The van der Waals surface area contributed by atoms with Crippen LogP contribution in [-0.2, 0) is 10.0 Å². The molecule has 0 spiro atoms. The van der Waals surface area contributed by atoms with E-state index >= 15 is 0 Å². The molecular weight excluding hydrogens is 381 g/mol. The van der Waals surface area contributed by atoms with Crippen LogP contribution in [0.3, 0.4) is 0 Å². The number of hydrogen-bond donors (Lipinski definition) is 2. The first-order valence-corrected chi connectivity index (χ1v) is 11.3. The summed E-state index contributed by atoms with van der Waals surface area (Å²) in [6.45, 7) is 3.95. The van der Waals surface area contributed by atoms with Gasteiger partial charge >= 0.3 is 0 Å². The maximum Gasteiger partial charge on any atom is 0.257 e. The fraction of sp³-hybridized carbons (Fsp3) is 0.450. The molecule has 0 atom stereocenters. The van der Waals surface area contributed by atoms with Crippen LogP contribution < -0.4 is 10.0 Å². The lowest BCUT2D eigenvalue weighted by molar-refractivity contribution is 0.102. The molecule has 0 saturated heterocycles. The van der Waals surface area contributed by atoms with Crippen molar-refractivity contribution >= 4 is 27.3 Å². The molecule has 0 bridgehead atoms. The average molecular weight is 408 g/mol. The summed E-state index contributed by atoms with van der Waals surface area (Å²) in [5.41, 5.74) is 2.66. The normalized spacial score (nSPS) is 15.4. The highest BCUT2D eigenvalue weighted by Crippen LogP contribution is 2.32. The summed E-state index contributed by atoms with van der Waals surface area (Å²) in [6.07, 6.45) is 6.85. The number of nitrogens with zero attached hydrogens (tertiary/aromatic N) is 1. The molecule has 1 fully saturated rings. The van der Waals surface area contributed by atoms with Crippen LogP contribution in [0.5, 0.6) is 0 Å². The molecule has 1 amide bonds.